The molecule has 1 aromatic carbocycles. The lowest BCUT2D eigenvalue weighted by Gasteiger charge is -2.06. The van der Waals surface area contributed by atoms with Crippen LogP contribution in [-0.2, 0) is 13.6 Å². The average Bonchev–Trinajstić information content (AvgIpc) is 2.67. The van der Waals surface area contributed by atoms with E-state index in [-0.39, 0.29) is 12.1 Å². The van der Waals surface area contributed by atoms with Crippen molar-refractivity contribution >= 4 is 5.91 Å². The smallest absolute Gasteiger partial charge is 0.255 e. The van der Waals surface area contributed by atoms with Gasteiger partial charge in [-0.25, -0.2) is 8.78 Å². The Bertz CT molecular complexity index is 602. The van der Waals surface area contributed by atoms with Crippen LogP contribution in [0, 0.1) is 18.6 Å². The van der Waals surface area contributed by atoms with E-state index in [2.05, 4.69) is 10.4 Å². The summed E-state index contributed by atoms with van der Waals surface area (Å²) < 4.78 is 28.3. The first-order valence-electron chi connectivity index (χ1n) is 5.70. The summed E-state index contributed by atoms with van der Waals surface area (Å²) in [6, 6.07) is 3.58. The highest BCUT2D eigenvalue weighted by Gasteiger charge is 2.14. The molecule has 1 aromatic heterocycles. The summed E-state index contributed by atoms with van der Waals surface area (Å²) in [7, 11) is 1.69. The second-order valence-corrected chi connectivity index (χ2v) is 4.18. The SMILES string of the molecule is Cc1nn(C)cc1C(=O)NCc1c(F)cccc1F. The number of benzene rings is 1. The summed E-state index contributed by atoms with van der Waals surface area (Å²) >= 11 is 0. The van der Waals surface area contributed by atoms with E-state index >= 15 is 0 Å². The number of hydrogen-bond acceptors (Lipinski definition) is 2. The summed E-state index contributed by atoms with van der Waals surface area (Å²) in [6.07, 6.45) is 1.56. The molecule has 0 radical (unpaired) electrons. The topological polar surface area (TPSA) is 46.9 Å². The van der Waals surface area contributed by atoms with E-state index in [1.165, 1.54) is 10.7 Å². The van der Waals surface area contributed by atoms with Gasteiger partial charge in [-0.3, -0.25) is 9.48 Å². The van der Waals surface area contributed by atoms with E-state index in [1.807, 2.05) is 0 Å². The molecule has 1 N–H and O–H groups in total. The van der Waals surface area contributed by atoms with Gasteiger partial charge in [-0.05, 0) is 19.1 Å². The molecule has 19 heavy (non-hydrogen) atoms. The lowest BCUT2D eigenvalue weighted by Crippen LogP contribution is -2.24. The molecular weight excluding hydrogens is 252 g/mol. The number of carbonyl (C=O) groups excluding carboxylic acids is 1. The Kier molecular flexibility index (Phi) is 3.59. The molecule has 0 aliphatic rings. The fourth-order valence-electron chi connectivity index (χ4n) is 1.79. The van der Waals surface area contributed by atoms with Gasteiger partial charge in [-0.1, -0.05) is 6.07 Å². The second-order valence-electron chi connectivity index (χ2n) is 4.18. The fourth-order valence-corrected chi connectivity index (χ4v) is 1.79. The van der Waals surface area contributed by atoms with Crippen LogP contribution in [-0.4, -0.2) is 15.7 Å². The maximum Gasteiger partial charge on any atom is 0.255 e. The lowest BCUT2D eigenvalue weighted by atomic mass is 10.2. The van der Waals surface area contributed by atoms with Gasteiger partial charge in [0.05, 0.1) is 11.3 Å². The van der Waals surface area contributed by atoms with Gasteiger partial charge in [-0.2, -0.15) is 5.10 Å². The first-order chi connectivity index (χ1) is 8.99. The number of amides is 1. The van der Waals surface area contributed by atoms with Crippen molar-refractivity contribution < 1.29 is 13.6 Å². The van der Waals surface area contributed by atoms with Crippen molar-refractivity contribution in [3.8, 4) is 0 Å². The van der Waals surface area contributed by atoms with Crippen LogP contribution in [0.2, 0.25) is 0 Å². The average molecular weight is 265 g/mol. The molecule has 0 fully saturated rings. The highest BCUT2D eigenvalue weighted by molar-refractivity contribution is 5.94. The number of aromatic nitrogens is 2. The third-order valence-electron chi connectivity index (χ3n) is 2.75. The zero-order valence-electron chi connectivity index (χ0n) is 10.6. The van der Waals surface area contributed by atoms with Gasteiger partial charge in [0.25, 0.3) is 5.91 Å². The normalized spacial score (nSPS) is 10.5. The summed E-state index contributed by atoms with van der Waals surface area (Å²) in [4.78, 5) is 11.9. The molecule has 0 spiro atoms. The van der Waals surface area contributed by atoms with E-state index < -0.39 is 17.5 Å². The molecule has 0 atom stereocenters. The Balaban J connectivity index is 2.11. The molecule has 1 heterocycles. The Morgan fingerprint density at radius 2 is 2.00 bits per heavy atom. The molecule has 100 valence electrons. The Morgan fingerprint density at radius 3 is 2.53 bits per heavy atom. The van der Waals surface area contributed by atoms with Crippen LogP contribution >= 0.6 is 0 Å². The van der Waals surface area contributed by atoms with E-state index in [1.54, 1.807) is 20.2 Å². The third kappa shape index (κ3) is 2.78. The summed E-state index contributed by atoms with van der Waals surface area (Å²) in [6.45, 7) is 1.49. The number of nitrogens with one attached hydrogen (secondary N) is 1. The maximum atomic E-state index is 13.4. The number of rotatable bonds is 3. The number of carbonyl (C=O) groups is 1. The lowest BCUT2D eigenvalue weighted by molar-refractivity contribution is 0.0949. The second kappa shape index (κ2) is 5.17. The van der Waals surface area contributed by atoms with Crippen molar-refractivity contribution in [2.75, 3.05) is 0 Å². The van der Waals surface area contributed by atoms with Crippen molar-refractivity contribution in [2.24, 2.45) is 7.05 Å². The predicted octanol–water partition coefficient (Wildman–Crippen LogP) is 1.94. The largest absolute Gasteiger partial charge is 0.348 e. The minimum Gasteiger partial charge on any atom is -0.348 e. The van der Waals surface area contributed by atoms with Crippen LogP contribution in [0.1, 0.15) is 21.6 Å². The van der Waals surface area contributed by atoms with Gasteiger partial charge >= 0.3 is 0 Å². The molecule has 4 nitrogen and oxygen atoms in total. The van der Waals surface area contributed by atoms with Gasteiger partial charge < -0.3 is 5.32 Å². The van der Waals surface area contributed by atoms with Gasteiger partial charge in [0.1, 0.15) is 11.6 Å². The number of hydrogen-bond donors (Lipinski definition) is 1. The van der Waals surface area contributed by atoms with Crippen LogP contribution in [0.3, 0.4) is 0 Å². The molecule has 6 heteroatoms. The van der Waals surface area contributed by atoms with Crippen LogP contribution in [0.4, 0.5) is 8.78 Å². The molecule has 0 saturated heterocycles. The van der Waals surface area contributed by atoms with Crippen LogP contribution in [0.15, 0.2) is 24.4 Å². The molecule has 0 aliphatic heterocycles. The summed E-state index contributed by atoms with van der Waals surface area (Å²) in [5.41, 5.74) is 0.797. The van der Waals surface area contributed by atoms with Crippen LogP contribution in [0.5, 0.6) is 0 Å². The maximum absolute atomic E-state index is 13.4. The zero-order chi connectivity index (χ0) is 14.0. The van der Waals surface area contributed by atoms with Gasteiger partial charge in [0.2, 0.25) is 0 Å². The van der Waals surface area contributed by atoms with Crippen molar-refractivity contribution in [1.29, 1.82) is 0 Å². The zero-order valence-corrected chi connectivity index (χ0v) is 10.6. The fraction of sp³-hybridized carbons (Fsp3) is 0.231. The van der Waals surface area contributed by atoms with Crippen molar-refractivity contribution in [3.63, 3.8) is 0 Å². The molecule has 1 amide bonds. The highest BCUT2D eigenvalue weighted by atomic mass is 19.1. The number of aryl methyl sites for hydroxylation is 2. The summed E-state index contributed by atoms with van der Waals surface area (Å²) in [5.74, 6) is -1.76. The van der Waals surface area contributed by atoms with E-state index in [0.717, 1.165) is 12.1 Å². The van der Waals surface area contributed by atoms with Crippen molar-refractivity contribution in [2.45, 2.75) is 13.5 Å². The molecule has 0 saturated carbocycles. The first-order valence-corrected chi connectivity index (χ1v) is 5.70. The minimum absolute atomic E-state index is 0.155. The quantitative estimate of drug-likeness (QED) is 0.921. The molecule has 2 aromatic rings. The van der Waals surface area contributed by atoms with Crippen LogP contribution < -0.4 is 5.32 Å². The molecular formula is C13H13F2N3O. The molecule has 0 aliphatic carbocycles. The van der Waals surface area contributed by atoms with Crippen molar-refractivity contribution in [3.05, 3.63) is 52.9 Å². The monoisotopic (exact) mass is 265 g/mol. The number of halogens is 2. The Morgan fingerprint density at radius 1 is 1.37 bits per heavy atom. The molecule has 2 rings (SSSR count). The van der Waals surface area contributed by atoms with E-state index in [4.69, 9.17) is 0 Å². The molecule has 0 unspecified atom stereocenters. The predicted molar refractivity (Wildman–Crippen MR) is 65.5 cm³/mol. The van der Waals surface area contributed by atoms with Gasteiger partial charge in [-0.15, -0.1) is 0 Å². The summed E-state index contributed by atoms with van der Waals surface area (Å²) in [5, 5.41) is 6.51. The number of nitrogens with zero attached hydrogens (tertiary/aromatic N) is 2. The van der Waals surface area contributed by atoms with E-state index in [0.29, 0.717) is 11.3 Å². The highest BCUT2D eigenvalue weighted by Crippen LogP contribution is 2.12. The Hall–Kier alpha value is -2.24. The van der Waals surface area contributed by atoms with E-state index in [9.17, 15) is 13.6 Å². The Labute approximate surface area is 109 Å². The minimum atomic E-state index is -0.678. The molecule has 0 bridgehead atoms. The first kappa shape index (κ1) is 13.2. The van der Waals surface area contributed by atoms with Crippen LogP contribution in [0.25, 0.3) is 0 Å². The van der Waals surface area contributed by atoms with Crippen molar-refractivity contribution in [1.82, 2.24) is 15.1 Å². The van der Waals surface area contributed by atoms with Gasteiger partial charge in [0.15, 0.2) is 0 Å². The third-order valence-corrected chi connectivity index (χ3v) is 2.75. The standard InChI is InChI=1S/C13H13F2N3O/c1-8-10(7-18(2)17-8)13(19)16-6-9-11(14)4-3-5-12(9)15/h3-5,7H,6H2,1-2H3,(H,16,19). The van der Waals surface area contributed by atoms with Gasteiger partial charge in [0, 0.05) is 25.4 Å².